The predicted molar refractivity (Wildman–Crippen MR) is 143 cm³/mol. The van der Waals surface area contributed by atoms with Crippen LogP contribution in [0.3, 0.4) is 0 Å². The standard InChI is InChI=1S/C24H39N3O3Si3/c1-18(17-33(9,29-31(3,4)5)30-32(6,7)8)16-20-19(2)14-15-23(28)24(20)27-25-21-12-10-11-13-22(21)26-27/h10-15,18,28H,16-17H2,1-9H3. The number of hydrogen-bond acceptors (Lipinski definition) is 5. The smallest absolute Gasteiger partial charge is 0.314 e. The molecule has 3 aromatic rings. The first kappa shape index (κ1) is 25.8. The van der Waals surface area contributed by atoms with Gasteiger partial charge in [-0.3, -0.25) is 0 Å². The van der Waals surface area contributed by atoms with Crippen LogP contribution in [-0.4, -0.2) is 45.3 Å². The summed E-state index contributed by atoms with van der Waals surface area (Å²) >= 11 is 0. The van der Waals surface area contributed by atoms with Crippen molar-refractivity contribution in [1.29, 1.82) is 0 Å². The van der Waals surface area contributed by atoms with Gasteiger partial charge in [-0.15, -0.1) is 15.0 Å². The zero-order valence-electron chi connectivity index (χ0n) is 21.6. The molecule has 1 unspecified atom stereocenters. The van der Waals surface area contributed by atoms with Gasteiger partial charge in [0, 0.05) is 0 Å². The molecule has 0 spiro atoms. The summed E-state index contributed by atoms with van der Waals surface area (Å²) in [4.78, 5) is 1.59. The third kappa shape index (κ3) is 6.86. The molecule has 0 bridgehead atoms. The van der Waals surface area contributed by atoms with Crippen LogP contribution in [0.15, 0.2) is 36.4 Å². The SMILES string of the molecule is Cc1ccc(O)c(-n2nc3ccccc3n2)c1CC(C)C[Si](C)(O[Si](C)(C)C)O[Si](C)(C)C. The maximum absolute atomic E-state index is 10.8. The Morgan fingerprint density at radius 3 is 1.88 bits per heavy atom. The fraction of sp³-hybridized carbons (Fsp3) is 0.500. The zero-order chi connectivity index (χ0) is 24.6. The minimum absolute atomic E-state index is 0.194. The highest BCUT2D eigenvalue weighted by molar-refractivity contribution is 6.87. The highest BCUT2D eigenvalue weighted by Crippen LogP contribution is 2.34. The molecule has 0 amide bonds. The van der Waals surface area contributed by atoms with E-state index in [1.54, 1.807) is 10.9 Å². The second-order valence-corrected chi connectivity index (χ2v) is 24.0. The summed E-state index contributed by atoms with van der Waals surface area (Å²) in [7, 11) is -5.89. The van der Waals surface area contributed by atoms with Gasteiger partial charge in [0.25, 0.3) is 0 Å². The maximum Gasteiger partial charge on any atom is 0.314 e. The van der Waals surface area contributed by atoms with Crippen LogP contribution in [0.25, 0.3) is 16.7 Å². The first-order valence-corrected chi connectivity index (χ1v) is 21.0. The number of aromatic nitrogens is 3. The summed E-state index contributed by atoms with van der Waals surface area (Å²) in [5.41, 5.74) is 4.48. The molecule has 0 saturated heterocycles. The van der Waals surface area contributed by atoms with Gasteiger partial charge < -0.3 is 13.3 Å². The highest BCUT2D eigenvalue weighted by atomic mass is 28.5. The fourth-order valence-electron chi connectivity index (χ4n) is 4.62. The van der Waals surface area contributed by atoms with Crippen LogP contribution < -0.4 is 0 Å². The highest BCUT2D eigenvalue weighted by Gasteiger charge is 2.41. The van der Waals surface area contributed by atoms with Gasteiger partial charge >= 0.3 is 8.56 Å². The largest absolute Gasteiger partial charge is 0.506 e. The van der Waals surface area contributed by atoms with E-state index in [-0.39, 0.29) is 5.75 Å². The van der Waals surface area contributed by atoms with E-state index in [4.69, 9.17) is 8.23 Å². The van der Waals surface area contributed by atoms with Crippen molar-refractivity contribution in [2.24, 2.45) is 5.92 Å². The molecule has 0 fully saturated rings. The summed E-state index contributed by atoms with van der Waals surface area (Å²) < 4.78 is 13.5. The van der Waals surface area contributed by atoms with Crippen LogP contribution in [0.5, 0.6) is 5.75 Å². The lowest BCUT2D eigenvalue weighted by Gasteiger charge is -2.40. The van der Waals surface area contributed by atoms with Crippen molar-refractivity contribution in [3.63, 3.8) is 0 Å². The Kier molecular flexibility index (Phi) is 7.40. The molecule has 1 aromatic heterocycles. The van der Waals surface area contributed by atoms with Gasteiger partial charge in [0.1, 0.15) is 22.5 Å². The summed E-state index contributed by atoms with van der Waals surface area (Å²) in [5, 5.41) is 20.1. The van der Waals surface area contributed by atoms with Crippen molar-refractivity contribution in [2.75, 3.05) is 0 Å². The van der Waals surface area contributed by atoms with Gasteiger partial charge in [0.15, 0.2) is 16.6 Å². The van der Waals surface area contributed by atoms with Gasteiger partial charge in [-0.2, -0.15) is 0 Å². The number of phenols is 1. The average molecular weight is 502 g/mol. The molecule has 1 heterocycles. The minimum atomic E-state index is -2.37. The predicted octanol–water partition coefficient (Wildman–Crippen LogP) is 6.39. The Hall–Kier alpha value is -1.79. The van der Waals surface area contributed by atoms with E-state index in [0.717, 1.165) is 34.6 Å². The third-order valence-corrected chi connectivity index (χ3v) is 15.1. The Balaban J connectivity index is 1.94. The second kappa shape index (κ2) is 9.46. The normalized spacial score (nSPS) is 14.1. The number of rotatable bonds is 9. The number of nitrogens with zero attached hydrogens (tertiary/aromatic N) is 3. The molecule has 9 heteroatoms. The fourth-order valence-corrected chi connectivity index (χ4v) is 17.6. The van der Waals surface area contributed by atoms with Crippen LogP contribution >= 0.6 is 0 Å². The Bertz CT molecular complexity index is 1070. The molecule has 33 heavy (non-hydrogen) atoms. The van der Waals surface area contributed by atoms with Crippen molar-refractivity contribution < 1.29 is 13.3 Å². The lowest BCUT2D eigenvalue weighted by molar-refractivity contribution is 0.369. The molecule has 3 rings (SSSR count). The number of aryl methyl sites for hydroxylation is 1. The van der Waals surface area contributed by atoms with E-state index in [0.29, 0.717) is 11.6 Å². The van der Waals surface area contributed by atoms with Crippen LogP contribution in [0, 0.1) is 12.8 Å². The van der Waals surface area contributed by atoms with Crippen molar-refractivity contribution in [1.82, 2.24) is 15.0 Å². The lowest BCUT2D eigenvalue weighted by Crippen LogP contribution is -2.53. The van der Waals surface area contributed by atoms with E-state index in [9.17, 15) is 5.11 Å². The molecular formula is C24H39N3O3Si3. The second-order valence-electron chi connectivity index (χ2n) is 11.3. The molecule has 1 N–H and O–H groups in total. The molecule has 6 nitrogen and oxygen atoms in total. The van der Waals surface area contributed by atoms with E-state index < -0.39 is 25.2 Å². The van der Waals surface area contributed by atoms with Gasteiger partial charge in [-0.05, 0) is 100 Å². The van der Waals surface area contributed by atoms with Gasteiger partial charge in [0.05, 0.1) is 0 Å². The van der Waals surface area contributed by atoms with E-state index >= 15 is 0 Å². The molecule has 0 aliphatic carbocycles. The number of benzene rings is 2. The number of phenolic OH excluding ortho intramolecular Hbond substituents is 1. The Morgan fingerprint density at radius 2 is 1.39 bits per heavy atom. The monoisotopic (exact) mass is 501 g/mol. The van der Waals surface area contributed by atoms with Crippen LogP contribution in [-0.2, 0) is 14.7 Å². The van der Waals surface area contributed by atoms with Gasteiger partial charge in [0.2, 0.25) is 0 Å². The Morgan fingerprint density at radius 1 is 0.879 bits per heavy atom. The minimum Gasteiger partial charge on any atom is -0.506 e. The van der Waals surface area contributed by atoms with Gasteiger partial charge in [-0.1, -0.05) is 25.1 Å². The quantitative estimate of drug-likeness (QED) is 0.344. The summed E-state index contributed by atoms with van der Waals surface area (Å²) in [6.07, 6.45) is 0.792. The van der Waals surface area contributed by atoms with Crippen molar-refractivity contribution >= 4 is 36.2 Å². The van der Waals surface area contributed by atoms with Crippen LogP contribution in [0.2, 0.25) is 51.9 Å². The topological polar surface area (TPSA) is 69.4 Å². The van der Waals surface area contributed by atoms with E-state index in [1.807, 2.05) is 30.3 Å². The third-order valence-electron chi connectivity index (χ3n) is 5.30. The molecule has 0 aliphatic rings. The molecule has 0 aliphatic heterocycles. The molecule has 180 valence electrons. The van der Waals surface area contributed by atoms with Gasteiger partial charge in [-0.25, -0.2) is 0 Å². The average Bonchev–Trinajstić information content (AvgIpc) is 3.04. The summed E-state index contributed by atoms with van der Waals surface area (Å²) in [5.74, 6) is 0.512. The number of fused-ring (bicyclic) bond motifs is 1. The van der Waals surface area contributed by atoms with Crippen molar-refractivity contribution in [3.8, 4) is 11.4 Å². The van der Waals surface area contributed by atoms with Crippen LogP contribution in [0.4, 0.5) is 0 Å². The maximum atomic E-state index is 10.8. The number of hydrogen-bond donors (Lipinski definition) is 1. The first-order chi connectivity index (χ1) is 15.2. The molecule has 1 atom stereocenters. The summed E-state index contributed by atoms with van der Waals surface area (Å²) in [6, 6.07) is 12.4. The molecule has 0 radical (unpaired) electrons. The van der Waals surface area contributed by atoms with E-state index in [2.05, 4.69) is 69.9 Å². The van der Waals surface area contributed by atoms with E-state index in [1.165, 1.54) is 0 Å². The summed E-state index contributed by atoms with van der Waals surface area (Å²) in [6.45, 7) is 20.0. The lowest BCUT2D eigenvalue weighted by atomic mass is 9.96. The van der Waals surface area contributed by atoms with Crippen LogP contribution in [0.1, 0.15) is 18.1 Å². The molecule has 0 saturated carbocycles. The molecular weight excluding hydrogens is 463 g/mol. The Labute approximate surface area is 201 Å². The molecule has 2 aromatic carbocycles. The van der Waals surface area contributed by atoms with Crippen molar-refractivity contribution in [3.05, 3.63) is 47.5 Å². The number of aromatic hydroxyl groups is 1. The zero-order valence-corrected chi connectivity index (χ0v) is 24.6. The van der Waals surface area contributed by atoms with Crippen molar-refractivity contribution in [2.45, 2.75) is 72.1 Å². The first-order valence-electron chi connectivity index (χ1n) is 11.7.